The third kappa shape index (κ3) is 3.08. The van der Waals surface area contributed by atoms with Gasteiger partial charge in [-0.05, 0) is 36.8 Å². The average molecular weight is 263 g/mol. The number of hydrogen-bond donors (Lipinski definition) is 1. The van der Waals surface area contributed by atoms with Crippen molar-refractivity contribution in [1.29, 1.82) is 0 Å². The predicted octanol–water partition coefficient (Wildman–Crippen LogP) is 4.32. The molecule has 0 radical (unpaired) electrons. The molecule has 0 heterocycles. The van der Waals surface area contributed by atoms with Crippen LogP contribution in [0.4, 0.5) is 10.1 Å². The van der Waals surface area contributed by atoms with Crippen LogP contribution in [0.25, 0.3) is 0 Å². The van der Waals surface area contributed by atoms with Crippen LogP contribution >= 0.6 is 11.6 Å². The summed E-state index contributed by atoms with van der Waals surface area (Å²) in [4.78, 5) is 0. The van der Waals surface area contributed by atoms with Crippen molar-refractivity contribution >= 4 is 23.0 Å². The second-order valence-electron chi connectivity index (χ2n) is 3.80. The first-order valence-corrected chi connectivity index (χ1v) is 5.85. The van der Waals surface area contributed by atoms with Crippen LogP contribution in [0, 0.1) is 5.82 Å². The molecule has 0 saturated heterocycles. The molecule has 18 heavy (non-hydrogen) atoms. The number of rotatable bonds is 3. The summed E-state index contributed by atoms with van der Waals surface area (Å²) in [6.07, 6.45) is 0. The zero-order valence-electron chi connectivity index (χ0n) is 9.82. The number of anilines is 1. The normalized spacial score (nSPS) is 11.4. The maximum Gasteiger partial charge on any atom is 0.123 e. The van der Waals surface area contributed by atoms with Gasteiger partial charge in [0.2, 0.25) is 0 Å². The van der Waals surface area contributed by atoms with Gasteiger partial charge < -0.3 is 0 Å². The van der Waals surface area contributed by atoms with E-state index in [1.54, 1.807) is 18.2 Å². The molecule has 0 spiro atoms. The lowest BCUT2D eigenvalue weighted by molar-refractivity contribution is 0.628. The third-order valence-electron chi connectivity index (χ3n) is 2.48. The minimum atomic E-state index is -0.259. The summed E-state index contributed by atoms with van der Waals surface area (Å²) in [7, 11) is 0. The molecular weight excluding hydrogens is 251 g/mol. The minimum Gasteiger partial charge on any atom is -0.277 e. The molecule has 2 rings (SSSR count). The van der Waals surface area contributed by atoms with Gasteiger partial charge in [0.25, 0.3) is 0 Å². The molecule has 2 nitrogen and oxygen atoms in total. The van der Waals surface area contributed by atoms with Crippen LogP contribution in [0.1, 0.15) is 12.5 Å². The van der Waals surface area contributed by atoms with E-state index in [0.717, 1.165) is 17.0 Å². The van der Waals surface area contributed by atoms with Crippen molar-refractivity contribution in [3.05, 3.63) is 64.9 Å². The van der Waals surface area contributed by atoms with Crippen molar-refractivity contribution in [3.63, 3.8) is 0 Å². The standard InChI is InChI=1S/C14H12ClFN2/c1-10(11-6-8-12(16)9-7-11)17-18-14-5-3-2-4-13(14)15/h2-9,18H,1H3/b17-10-. The molecular formula is C14H12ClFN2. The number of halogens is 2. The fourth-order valence-corrected chi connectivity index (χ4v) is 1.63. The summed E-state index contributed by atoms with van der Waals surface area (Å²) in [6, 6.07) is 13.5. The number of nitrogens with zero attached hydrogens (tertiary/aromatic N) is 1. The number of para-hydroxylation sites is 1. The quantitative estimate of drug-likeness (QED) is 0.647. The average Bonchev–Trinajstić information content (AvgIpc) is 2.38. The van der Waals surface area contributed by atoms with Gasteiger partial charge in [0, 0.05) is 0 Å². The van der Waals surface area contributed by atoms with Gasteiger partial charge in [0.1, 0.15) is 5.82 Å². The van der Waals surface area contributed by atoms with E-state index in [1.165, 1.54) is 12.1 Å². The van der Waals surface area contributed by atoms with Crippen molar-refractivity contribution in [3.8, 4) is 0 Å². The Bertz CT molecular complexity index is 564. The molecule has 0 atom stereocenters. The highest BCUT2D eigenvalue weighted by atomic mass is 35.5. The van der Waals surface area contributed by atoms with Gasteiger partial charge in [-0.25, -0.2) is 4.39 Å². The molecule has 92 valence electrons. The molecule has 1 N–H and O–H groups in total. The van der Waals surface area contributed by atoms with Gasteiger partial charge in [-0.1, -0.05) is 35.9 Å². The lowest BCUT2D eigenvalue weighted by atomic mass is 10.1. The lowest BCUT2D eigenvalue weighted by Gasteiger charge is -2.05. The number of hydrogen-bond acceptors (Lipinski definition) is 2. The number of benzene rings is 2. The Balaban J connectivity index is 2.14. The van der Waals surface area contributed by atoms with Crippen LogP contribution in [0.15, 0.2) is 53.6 Å². The van der Waals surface area contributed by atoms with E-state index >= 15 is 0 Å². The Hall–Kier alpha value is -1.87. The molecule has 0 aliphatic carbocycles. The maximum atomic E-state index is 12.8. The van der Waals surface area contributed by atoms with Gasteiger partial charge in [-0.3, -0.25) is 5.43 Å². The Morgan fingerprint density at radius 3 is 2.44 bits per heavy atom. The zero-order chi connectivity index (χ0) is 13.0. The Kier molecular flexibility index (Phi) is 3.95. The Labute approximate surface area is 110 Å². The van der Waals surface area contributed by atoms with Crippen LogP contribution in [-0.4, -0.2) is 5.71 Å². The highest BCUT2D eigenvalue weighted by molar-refractivity contribution is 6.33. The fourth-order valence-electron chi connectivity index (χ4n) is 1.45. The SMILES string of the molecule is C/C(=N/Nc1ccccc1Cl)c1ccc(F)cc1. The van der Waals surface area contributed by atoms with E-state index in [9.17, 15) is 4.39 Å². The molecule has 2 aromatic rings. The zero-order valence-corrected chi connectivity index (χ0v) is 10.6. The van der Waals surface area contributed by atoms with E-state index < -0.39 is 0 Å². The summed E-state index contributed by atoms with van der Waals surface area (Å²) in [5.74, 6) is -0.259. The van der Waals surface area contributed by atoms with Gasteiger partial charge in [0.05, 0.1) is 16.4 Å². The minimum absolute atomic E-state index is 0.259. The molecule has 2 aromatic carbocycles. The fraction of sp³-hybridized carbons (Fsp3) is 0.0714. The molecule has 0 bridgehead atoms. The summed E-state index contributed by atoms with van der Waals surface area (Å²) in [6.45, 7) is 1.84. The van der Waals surface area contributed by atoms with Gasteiger partial charge >= 0.3 is 0 Å². The van der Waals surface area contributed by atoms with Crippen molar-refractivity contribution < 1.29 is 4.39 Å². The van der Waals surface area contributed by atoms with Crippen LogP contribution in [0.5, 0.6) is 0 Å². The van der Waals surface area contributed by atoms with E-state index in [4.69, 9.17) is 11.6 Å². The van der Waals surface area contributed by atoms with Crippen LogP contribution in [-0.2, 0) is 0 Å². The van der Waals surface area contributed by atoms with Gasteiger partial charge in [0.15, 0.2) is 0 Å². The first-order valence-electron chi connectivity index (χ1n) is 5.47. The van der Waals surface area contributed by atoms with E-state index in [2.05, 4.69) is 10.5 Å². The molecule has 0 amide bonds. The van der Waals surface area contributed by atoms with Crippen LogP contribution in [0.2, 0.25) is 5.02 Å². The second kappa shape index (κ2) is 5.65. The van der Waals surface area contributed by atoms with Gasteiger partial charge in [-0.15, -0.1) is 0 Å². The maximum absolute atomic E-state index is 12.8. The topological polar surface area (TPSA) is 24.4 Å². The van der Waals surface area contributed by atoms with E-state index in [0.29, 0.717) is 5.02 Å². The Morgan fingerprint density at radius 2 is 1.78 bits per heavy atom. The smallest absolute Gasteiger partial charge is 0.123 e. The van der Waals surface area contributed by atoms with Crippen molar-refractivity contribution in [2.75, 3.05) is 5.43 Å². The predicted molar refractivity (Wildman–Crippen MR) is 73.7 cm³/mol. The third-order valence-corrected chi connectivity index (χ3v) is 2.81. The molecule has 0 aromatic heterocycles. The molecule has 0 fully saturated rings. The van der Waals surface area contributed by atoms with E-state index in [1.807, 2.05) is 25.1 Å². The summed E-state index contributed by atoms with van der Waals surface area (Å²) >= 11 is 5.99. The summed E-state index contributed by atoms with van der Waals surface area (Å²) in [5.41, 5.74) is 5.24. The molecule has 0 unspecified atom stereocenters. The lowest BCUT2D eigenvalue weighted by Crippen LogP contribution is -2.00. The van der Waals surface area contributed by atoms with Crippen molar-refractivity contribution in [2.24, 2.45) is 5.10 Å². The summed E-state index contributed by atoms with van der Waals surface area (Å²) < 4.78 is 12.8. The molecule has 0 saturated carbocycles. The monoisotopic (exact) mass is 262 g/mol. The number of nitrogens with one attached hydrogen (secondary N) is 1. The van der Waals surface area contributed by atoms with Gasteiger partial charge in [-0.2, -0.15) is 5.10 Å². The summed E-state index contributed by atoms with van der Waals surface area (Å²) in [5, 5.41) is 4.82. The number of hydrazone groups is 1. The molecule has 4 heteroatoms. The van der Waals surface area contributed by atoms with Crippen LogP contribution in [0.3, 0.4) is 0 Å². The largest absolute Gasteiger partial charge is 0.277 e. The van der Waals surface area contributed by atoms with E-state index in [-0.39, 0.29) is 5.82 Å². The highest BCUT2D eigenvalue weighted by Crippen LogP contribution is 2.20. The van der Waals surface area contributed by atoms with Crippen molar-refractivity contribution in [2.45, 2.75) is 6.92 Å². The van der Waals surface area contributed by atoms with Crippen molar-refractivity contribution in [1.82, 2.24) is 0 Å². The Morgan fingerprint density at radius 1 is 1.11 bits per heavy atom. The molecule has 0 aliphatic heterocycles. The highest BCUT2D eigenvalue weighted by Gasteiger charge is 1.99. The van der Waals surface area contributed by atoms with Crippen LogP contribution < -0.4 is 5.43 Å². The second-order valence-corrected chi connectivity index (χ2v) is 4.20. The molecule has 0 aliphatic rings. The first-order chi connectivity index (χ1) is 8.66. The first kappa shape index (κ1) is 12.6.